The second-order valence-corrected chi connectivity index (χ2v) is 7.50. The number of β-amino-alcohol motifs (C(OH)–C–C–N with tert-alkyl or cyclic N) is 1. The van der Waals surface area contributed by atoms with E-state index in [1.807, 2.05) is 47.5 Å². The quantitative estimate of drug-likeness (QED) is 0.738. The fourth-order valence-corrected chi connectivity index (χ4v) is 3.51. The molecule has 0 aliphatic carbocycles. The molecule has 144 valence electrons. The number of aromatic nitrogens is 1. The van der Waals surface area contributed by atoms with Crippen molar-refractivity contribution >= 4 is 23.3 Å². The molecular weight excluding hydrogens is 362 g/mol. The molecule has 1 aliphatic rings. The highest BCUT2D eigenvalue weighted by Crippen LogP contribution is 2.16. The molecule has 1 aromatic heterocycles. The normalized spacial score (nSPS) is 15.4. The number of piperazine rings is 1. The smallest absolute Gasteiger partial charge is 0.246 e. The van der Waals surface area contributed by atoms with Gasteiger partial charge in [0.2, 0.25) is 5.91 Å². The average Bonchev–Trinajstić information content (AvgIpc) is 3.11. The third-order valence-corrected chi connectivity index (χ3v) is 5.27. The largest absolute Gasteiger partial charge is 0.487 e. The Labute approximate surface area is 163 Å². The van der Waals surface area contributed by atoms with Crippen molar-refractivity contribution in [3.8, 4) is 5.75 Å². The lowest BCUT2D eigenvalue weighted by Gasteiger charge is -2.33. The SMILES string of the molecule is Cc1nc(COc2ccc(/C=C/C(=O)N3CCN(CCO)CC3)cc2)cs1. The molecular formula is C20H25N3O3S. The highest BCUT2D eigenvalue weighted by molar-refractivity contribution is 7.09. The van der Waals surface area contributed by atoms with Crippen LogP contribution in [0.1, 0.15) is 16.3 Å². The molecule has 0 spiro atoms. The molecule has 0 radical (unpaired) electrons. The van der Waals surface area contributed by atoms with Gasteiger partial charge in [0.25, 0.3) is 0 Å². The molecule has 0 atom stereocenters. The zero-order valence-electron chi connectivity index (χ0n) is 15.5. The third-order valence-electron chi connectivity index (χ3n) is 4.45. The Balaban J connectivity index is 1.46. The first-order chi connectivity index (χ1) is 13.1. The third kappa shape index (κ3) is 5.89. The Morgan fingerprint density at radius 3 is 2.63 bits per heavy atom. The molecule has 0 bridgehead atoms. The number of aryl methyl sites for hydroxylation is 1. The number of hydrogen-bond acceptors (Lipinski definition) is 6. The summed E-state index contributed by atoms with van der Waals surface area (Å²) in [6.45, 7) is 6.30. The lowest BCUT2D eigenvalue weighted by molar-refractivity contribution is -0.127. The molecule has 1 amide bonds. The van der Waals surface area contributed by atoms with E-state index in [2.05, 4.69) is 9.88 Å². The molecule has 1 fully saturated rings. The van der Waals surface area contributed by atoms with Crippen LogP contribution >= 0.6 is 11.3 Å². The molecule has 3 rings (SSSR count). The van der Waals surface area contributed by atoms with Crippen molar-refractivity contribution in [3.63, 3.8) is 0 Å². The monoisotopic (exact) mass is 387 g/mol. The van der Waals surface area contributed by atoms with Crippen molar-refractivity contribution in [1.82, 2.24) is 14.8 Å². The van der Waals surface area contributed by atoms with Gasteiger partial charge in [-0.3, -0.25) is 9.69 Å². The van der Waals surface area contributed by atoms with Crippen LogP contribution in [0, 0.1) is 6.92 Å². The summed E-state index contributed by atoms with van der Waals surface area (Å²) in [5.41, 5.74) is 1.89. The van der Waals surface area contributed by atoms with Gasteiger partial charge in [0.05, 0.1) is 17.3 Å². The summed E-state index contributed by atoms with van der Waals surface area (Å²) in [5, 5.41) is 12.0. The van der Waals surface area contributed by atoms with Gasteiger partial charge in [0.1, 0.15) is 12.4 Å². The van der Waals surface area contributed by atoms with Crippen LogP contribution in [0.4, 0.5) is 0 Å². The number of carbonyl (C=O) groups is 1. The van der Waals surface area contributed by atoms with E-state index >= 15 is 0 Å². The van der Waals surface area contributed by atoms with Crippen molar-refractivity contribution in [3.05, 3.63) is 52.0 Å². The van der Waals surface area contributed by atoms with Gasteiger partial charge in [-0.05, 0) is 30.7 Å². The van der Waals surface area contributed by atoms with Crippen LogP contribution in [0.3, 0.4) is 0 Å². The van der Waals surface area contributed by atoms with Crippen LogP contribution in [0.15, 0.2) is 35.7 Å². The number of benzene rings is 1. The summed E-state index contributed by atoms with van der Waals surface area (Å²) in [6.07, 6.45) is 3.45. The molecule has 1 N–H and O–H groups in total. The Bertz CT molecular complexity index is 765. The Morgan fingerprint density at radius 2 is 2.00 bits per heavy atom. The molecule has 1 aromatic carbocycles. The van der Waals surface area contributed by atoms with Crippen molar-refractivity contribution in [2.24, 2.45) is 0 Å². The van der Waals surface area contributed by atoms with Crippen LogP contribution in [0.2, 0.25) is 0 Å². The van der Waals surface area contributed by atoms with E-state index in [-0.39, 0.29) is 12.5 Å². The summed E-state index contributed by atoms with van der Waals surface area (Å²) in [4.78, 5) is 20.7. The summed E-state index contributed by atoms with van der Waals surface area (Å²) in [6, 6.07) is 7.67. The first kappa shape index (κ1) is 19.5. The van der Waals surface area contributed by atoms with Gasteiger partial charge in [0, 0.05) is 44.2 Å². The molecule has 6 nitrogen and oxygen atoms in total. The number of rotatable bonds is 7. The molecule has 27 heavy (non-hydrogen) atoms. The van der Waals surface area contributed by atoms with E-state index in [0.29, 0.717) is 26.2 Å². The highest BCUT2D eigenvalue weighted by Gasteiger charge is 2.18. The molecule has 1 aliphatic heterocycles. The minimum absolute atomic E-state index is 0.0258. The maximum atomic E-state index is 12.3. The topological polar surface area (TPSA) is 65.9 Å². The molecule has 7 heteroatoms. The van der Waals surface area contributed by atoms with Crippen molar-refractivity contribution in [2.45, 2.75) is 13.5 Å². The number of aliphatic hydroxyl groups excluding tert-OH is 1. The Kier molecular flexibility index (Phi) is 6.98. The van der Waals surface area contributed by atoms with E-state index < -0.39 is 0 Å². The zero-order valence-corrected chi connectivity index (χ0v) is 16.3. The van der Waals surface area contributed by atoms with Gasteiger partial charge >= 0.3 is 0 Å². The van der Waals surface area contributed by atoms with Crippen molar-refractivity contribution < 1.29 is 14.6 Å². The highest BCUT2D eigenvalue weighted by atomic mass is 32.1. The second-order valence-electron chi connectivity index (χ2n) is 6.44. The van der Waals surface area contributed by atoms with Crippen LogP contribution in [0.25, 0.3) is 6.08 Å². The lowest BCUT2D eigenvalue weighted by Crippen LogP contribution is -2.48. The van der Waals surface area contributed by atoms with Crippen LogP contribution < -0.4 is 4.74 Å². The van der Waals surface area contributed by atoms with Gasteiger partial charge in [-0.2, -0.15) is 0 Å². The first-order valence-corrected chi connectivity index (χ1v) is 9.96. The van der Waals surface area contributed by atoms with Crippen LogP contribution in [0.5, 0.6) is 5.75 Å². The molecule has 2 heterocycles. The second kappa shape index (κ2) is 9.64. The lowest BCUT2D eigenvalue weighted by atomic mass is 10.2. The minimum atomic E-state index is 0.0258. The van der Waals surface area contributed by atoms with Gasteiger partial charge in [0.15, 0.2) is 0 Å². The summed E-state index contributed by atoms with van der Waals surface area (Å²) < 4.78 is 5.73. The number of nitrogens with zero attached hydrogens (tertiary/aromatic N) is 3. The average molecular weight is 388 g/mol. The van der Waals surface area contributed by atoms with Gasteiger partial charge in [-0.15, -0.1) is 11.3 Å². The number of thiazole rings is 1. The maximum absolute atomic E-state index is 12.3. The van der Waals surface area contributed by atoms with Crippen LogP contribution in [-0.2, 0) is 11.4 Å². The van der Waals surface area contributed by atoms with E-state index in [1.165, 1.54) is 0 Å². The van der Waals surface area contributed by atoms with Crippen LogP contribution in [-0.4, -0.2) is 65.1 Å². The number of amides is 1. The molecule has 1 saturated heterocycles. The van der Waals surface area contributed by atoms with E-state index in [4.69, 9.17) is 9.84 Å². The summed E-state index contributed by atoms with van der Waals surface area (Å²) in [7, 11) is 0. The molecule has 2 aromatic rings. The minimum Gasteiger partial charge on any atom is -0.487 e. The van der Waals surface area contributed by atoms with Gasteiger partial charge in [-0.1, -0.05) is 12.1 Å². The number of aliphatic hydroxyl groups is 1. The molecule has 0 unspecified atom stereocenters. The fourth-order valence-electron chi connectivity index (χ4n) is 2.91. The molecule has 0 saturated carbocycles. The summed E-state index contributed by atoms with van der Waals surface area (Å²) in [5.74, 6) is 0.807. The Morgan fingerprint density at radius 1 is 1.26 bits per heavy atom. The number of ether oxygens (including phenoxy) is 1. The number of hydrogen-bond donors (Lipinski definition) is 1. The Hall–Kier alpha value is -2.22. The van der Waals surface area contributed by atoms with E-state index in [9.17, 15) is 4.79 Å². The van der Waals surface area contributed by atoms with Gasteiger partial charge < -0.3 is 14.7 Å². The van der Waals surface area contributed by atoms with E-state index in [0.717, 1.165) is 35.1 Å². The van der Waals surface area contributed by atoms with Gasteiger partial charge in [-0.25, -0.2) is 4.98 Å². The predicted octanol–water partition coefficient (Wildman–Crippen LogP) is 2.18. The summed E-state index contributed by atoms with van der Waals surface area (Å²) >= 11 is 1.62. The van der Waals surface area contributed by atoms with E-state index in [1.54, 1.807) is 17.4 Å². The fraction of sp³-hybridized carbons (Fsp3) is 0.400. The maximum Gasteiger partial charge on any atom is 0.246 e. The first-order valence-electron chi connectivity index (χ1n) is 9.08. The van der Waals surface area contributed by atoms with Crippen molar-refractivity contribution in [1.29, 1.82) is 0 Å². The van der Waals surface area contributed by atoms with Crippen molar-refractivity contribution in [2.75, 3.05) is 39.3 Å². The standard InChI is InChI=1S/C20H25N3O3S/c1-16-21-18(15-27-16)14-26-19-5-2-17(3-6-19)4-7-20(25)23-10-8-22(9-11-23)12-13-24/h2-7,15,24H,8-14H2,1H3/b7-4+. The number of carbonyl (C=O) groups excluding carboxylic acids is 1. The zero-order chi connectivity index (χ0) is 19.1. The predicted molar refractivity (Wildman–Crippen MR) is 107 cm³/mol.